The number of hydrogen-bond donors (Lipinski definition) is 2. The van der Waals surface area contributed by atoms with Gasteiger partial charge >= 0.3 is 0 Å². The molecule has 1 aromatic carbocycles. The zero-order valence-corrected chi connectivity index (χ0v) is 11.9. The van der Waals surface area contributed by atoms with Gasteiger partial charge in [-0.1, -0.05) is 25.5 Å². The Morgan fingerprint density at radius 2 is 2.11 bits per heavy atom. The van der Waals surface area contributed by atoms with Crippen LogP contribution in [0.25, 0.3) is 0 Å². The molecule has 0 amide bonds. The summed E-state index contributed by atoms with van der Waals surface area (Å²) in [6.07, 6.45) is 1.57. The maximum atomic E-state index is 9.72. The minimum Gasteiger partial charge on any atom is -0.496 e. The van der Waals surface area contributed by atoms with E-state index in [0.717, 1.165) is 24.2 Å². The summed E-state index contributed by atoms with van der Waals surface area (Å²) in [7, 11) is 1.69. The van der Waals surface area contributed by atoms with Crippen molar-refractivity contribution in [3.63, 3.8) is 0 Å². The van der Waals surface area contributed by atoms with Crippen molar-refractivity contribution in [3.8, 4) is 5.75 Å². The number of methoxy groups -OCH3 is 1. The maximum Gasteiger partial charge on any atom is 0.123 e. The van der Waals surface area contributed by atoms with E-state index in [2.05, 4.69) is 38.2 Å². The van der Waals surface area contributed by atoms with Gasteiger partial charge in [-0.15, -0.1) is 0 Å². The average Bonchev–Trinajstić information content (AvgIpc) is 2.36. The molecule has 1 aromatic rings. The van der Waals surface area contributed by atoms with Crippen LogP contribution < -0.4 is 10.1 Å². The zero-order valence-electron chi connectivity index (χ0n) is 11.9. The van der Waals surface area contributed by atoms with Crippen molar-refractivity contribution in [2.24, 2.45) is 0 Å². The van der Waals surface area contributed by atoms with E-state index in [4.69, 9.17) is 4.74 Å². The van der Waals surface area contributed by atoms with E-state index in [1.165, 1.54) is 5.56 Å². The van der Waals surface area contributed by atoms with Crippen LogP contribution in [0, 0.1) is 6.92 Å². The first-order valence-electron chi connectivity index (χ1n) is 6.64. The molecular weight excluding hydrogens is 226 g/mol. The number of benzene rings is 1. The van der Waals surface area contributed by atoms with Crippen molar-refractivity contribution >= 4 is 0 Å². The molecule has 2 atom stereocenters. The van der Waals surface area contributed by atoms with Gasteiger partial charge in [-0.25, -0.2) is 0 Å². The second-order valence-electron chi connectivity index (χ2n) is 4.82. The van der Waals surface area contributed by atoms with Crippen LogP contribution in [0.1, 0.15) is 43.9 Å². The van der Waals surface area contributed by atoms with Crippen molar-refractivity contribution in [1.29, 1.82) is 0 Å². The molecule has 18 heavy (non-hydrogen) atoms. The number of nitrogens with one attached hydrogen (secondary N) is 1. The first-order chi connectivity index (χ1) is 8.58. The van der Waals surface area contributed by atoms with Gasteiger partial charge in [-0.2, -0.15) is 0 Å². The summed E-state index contributed by atoms with van der Waals surface area (Å²) in [5, 5.41) is 13.1. The highest BCUT2D eigenvalue weighted by Gasteiger charge is 2.12. The van der Waals surface area contributed by atoms with Crippen molar-refractivity contribution < 1.29 is 9.84 Å². The van der Waals surface area contributed by atoms with Crippen molar-refractivity contribution in [2.45, 2.75) is 45.8 Å². The number of aliphatic hydroxyl groups excluding tert-OH is 1. The molecule has 0 saturated heterocycles. The van der Waals surface area contributed by atoms with Crippen LogP contribution in [0.4, 0.5) is 0 Å². The Kier molecular flexibility index (Phi) is 6.16. The quantitative estimate of drug-likeness (QED) is 0.783. The number of aryl methyl sites for hydroxylation is 1. The summed E-state index contributed by atoms with van der Waals surface area (Å²) in [6, 6.07) is 6.37. The highest BCUT2D eigenvalue weighted by atomic mass is 16.5. The third-order valence-corrected chi connectivity index (χ3v) is 3.14. The molecule has 0 radical (unpaired) electrons. The Morgan fingerprint density at radius 3 is 2.72 bits per heavy atom. The zero-order chi connectivity index (χ0) is 13.5. The topological polar surface area (TPSA) is 41.5 Å². The van der Waals surface area contributed by atoms with Crippen molar-refractivity contribution in [2.75, 3.05) is 13.7 Å². The lowest BCUT2D eigenvalue weighted by atomic mass is 10.0. The predicted molar refractivity (Wildman–Crippen MR) is 75.1 cm³/mol. The van der Waals surface area contributed by atoms with E-state index in [9.17, 15) is 5.11 Å². The smallest absolute Gasteiger partial charge is 0.123 e. The maximum absolute atomic E-state index is 9.72. The van der Waals surface area contributed by atoms with E-state index < -0.39 is 0 Å². The van der Waals surface area contributed by atoms with Crippen LogP contribution in [0.15, 0.2) is 18.2 Å². The highest BCUT2D eigenvalue weighted by Crippen LogP contribution is 2.25. The van der Waals surface area contributed by atoms with Crippen LogP contribution in [0.2, 0.25) is 0 Å². The molecule has 0 aromatic heterocycles. The lowest BCUT2D eigenvalue weighted by Gasteiger charge is -2.19. The molecule has 0 bridgehead atoms. The molecule has 0 aliphatic rings. The molecule has 0 aliphatic carbocycles. The van der Waals surface area contributed by atoms with E-state index in [-0.39, 0.29) is 12.1 Å². The molecule has 102 valence electrons. The Bertz CT molecular complexity index is 366. The minimum atomic E-state index is -0.270. The molecule has 2 N–H and O–H groups in total. The molecular formula is C15H25NO2. The number of hydrogen-bond acceptors (Lipinski definition) is 3. The normalized spacial score (nSPS) is 14.3. The lowest BCUT2D eigenvalue weighted by Crippen LogP contribution is -2.29. The van der Waals surface area contributed by atoms with Gasteiger partial charge in [-0.3, -0.25) is 0 Å². The fourth-order valence-corrected chi connectivity index (χ4v) is 2.03. The highest BCUT2D eigenvalue weighted by molar-refractivity contribution is 5.39. The predicted octanol–water partition coefficient (Wildman–Crippen LogP) is 2.82. The third-order valence-electron chi connectivity index (χ3n) is 3.14. The van der Waals surface area contributed by atoms with Gasteiger partial charge in [-0.05, 0) is 31.9 Å². The largest absolute Gasteiger partial charge is 0.496 e. The molecule has 3 heteroatoms. The minimum absolute atomic E-state index is 0.173. The van der Waals surface area contributed by atoms with Gasteiger partial charge < -0.3 is 15.2 Å². The monoisotopic (exact) mass is 251 g/mol. The van der Waals surface area contributed by atoms with Crippen LogP contribution in [-0.2, 0) is 0 Å². The molecule has 0 saturated carbocycles. The number of aliphatic hydroxyl groups is 1. The summed E-state index contributed by atoms with van der Waals surface area (Å²) in [4.78, 5) is 0. The average molecular weight is 251 g/mol. The lowest BCUT2D eigenvalue weighted by molar-refractivity contribution is 0.157. The van der Waals surface area contributed by atoms with Crippen LogP contribution in [-0.4, -0.2) is 24.9 Å². The Labute approximate surface area is 110 Å². The van der Waals surface area contributed by atoms with Gasteiger partial charge in [0, 0.05) is 18.2 Å². The summed E-state index contributed by atoms with van der Waals surface area (Å²) >= 11 is 0. The van der Waals surface area contributed by atoms with Crippen molar-refractivity contribution in [3.05, 3.63) is 29.3 Å². The molecule has 2 unspecified atom stereocenters. The summed E-state index contributed by atoms with van der Waals surface area (Å²) in [6.45, 7) is 6.84. The Morgan fingerprint density at radius 1 is 1.39 bits per heavy atom. The van der Waals surface area contributed by atoms with Crippen LogP contribution in [0.5, 0.6) is 5.75 Å². The molecule has 3 nitrogen and oxygen atoms in total. The molecule has 0 aliphatic heterocycles. The summed E-state index contributed by atoms with van der Waals surface area (Å²) < 4.78 is 5.40. The fourth-order valence-electron chi connectivity index (χ4n) is 2.03. The SMILES string of the molecule is CCCC(O)CNC(C)c1ccc(C)cc1OC. The van der Waals surface area contributed by atoms with Gasteiger partial charge in [0.25, 0.3) is 0 Å². The summed E-state index contributed by atoms with van der Waals surface area (Å²) in [5.74, 6) is 0.903. The first kappa shape index (κ1) is 15.0. The molecule has 0 spiro atoms. The Hall–Kier alpha value is -1.06. The molecule has 0 heterocycles. The van der Waals surface area contributed by atoms with Gasteiger partial charge in [0.1, 0.15) is 5.75 Å². The van der Waals surface area contributed by atoms with Gasteiger partial charge in [0.2, 0.25) is 0 Å². The first-order valence-corrected chi connectivity index (χ1v) is 6.64. The van der Waals surface area contributed by atoms with Crippen LogP contribution in [0.3, 0.4) is 0 Å². The Balaban J connectivity index is 2.63. The van der Waals surface area contributed by atoms with E-state index in [1.54, 1.807) is 7.11 Å². The van der Waals surface area contributed by atoms with E-state index in [0.29, 0.717) is 6.54 Å². The van der Waals surface area contributed by atoms with Crippen molar-refractivity contribution in [1.82, 2.24) is 5.32 Å². The second-order valence-corrected chi connectivity index (χ2v) is 4.82. The standard InChI is InChI=1S/C15H25NO2/c1-5-6-13(17)10-16-12(3)14-8-7-11(2)9-15(14)18-4/h7-9,12-13,16-17H,5-6,10H2,1-4H3. The molecule has 1 rings (SSSR count). The fraction of sp³-hybridized carbons (Fsp3) is 0.600. The third kappa shape index (κ3) is 4.31. The van der Waals surface area contributed by atoms with E-state index >= 15 is 0 Å². The number of ether oxygens (including phenoxy) is 1. The van der Waals surface area contributed by atoms with E-state index in [1.807, 2.05) is 6.07 Å². The van der Waals surface area contributed by atoms with Gasteiger partial charge in [0.15, 0.2) is 0 Å². The molecule has 0 fully saturated rings. The van der Waals surface area contributed by atoms with Gasteiger partial charge in [0.05, 0.1) is 13.2 Å². The van der Waals surface area contributed by atoms with Crippen LogP contribution >= 0.6 is 0 Å². The second kappa shape index (κ2) is 7.39. The number of rotatable bonds is 7. The summed E-state index contributed by atoms with van der Waals surface area (Å²) in [5.41, 5.74) is 2.32.